The Kier molecular flexibility index (Phi) is 5.51. The molecule has 0 heterocycles. The van der Waals surface area contributed by atoms with E-state index < -0.39 is 44.1 Å². The Morgan fingerprint density at radius 3 is 1.25 bits per heavy atom. The van der Waals surface area contributed by atoms with Gasteiger partial charge in [0.05, 0.1) is 0 Å². The second-order valence-corrected chi connectivity index (χ2v) is 3.73. The summed E-state index contributed by atoms with van der Waals surface area (Å²) in [6, 6.07) is 0. The maximum absolute atomic E-state index is 12.6. The summed E-state index contributed by atoms with van der Waals surface area (Å²) >= 11 is 0. The summed E-state index contributed by atoms with van der Waals surface area (Å²) in [5.41, 5.74) is 0. The van der Waals surface area contributed by atoms with E-state index in [0.29, 0.717) is 0 Å². The van der Waals surface area contributed by atoms with Crippen LogP contribution in [0, 0.1) is 29.1 Å². The summed E-state index contributed by atoms with van der Waals surface area (Å²) in [6.07, 6.45) is 0. The van der Waals surface area contributed by atoms with Gasteiger partial charge in [-0.15, -0.1) is 0 Å². The topological polar surface area (TPSA) is 54.4 Å². The summed E-state index contributed by atoms with van der Waals surface area (Å²) in [6.45, 7) is 0. The van der Waals surface area contributed by atoms with Crippen molar-refractivity contribution in [2.24, 2.45) is 0 Å². The zero-order chi connectivity index (χ0) is 12.0. The van der Waals surface area contributed by atoms with Crippen molar-refractivity contribution in [2.75, 3.05) is 0 Å². The molecule has 1 aromatic rings. The van der Waals surface area contributed by atoms with E-state index in [0.717, 1.165) is 0 Å². The van der Waals surface area contributed by atoms with Gasteiger partial charge in [0.2, 0.25) is 5.82 Å². The fourth-order valence-corrected chi connectivity index (χ4v) is 1.44. The van der Waals surface area contributed by atoms with Gasteiger partial charge in [0, 0.05) is 0 Å². The van der Waals surface area contributed by atoms with Crippen LogP contribution in [0.2, 0.25) is 0 Å². The van der Waals surface area contributed by atoms with Crippen molar-refractivity contribution >= 4 is 61.5 Å². The van der Waals surface area contributed by atoms with Gasteiger partial charge in [0.15, 0.2) is 28.2 Å². The van der Waals surface area contributed by atoms with Gasteiger partial charge in [-0.2, -0.15) is 8.42 Å². The number of hydrogen-bond acceptors (Lipinski definition) is 2. The molecule has 0 amide bonds. The van der Waals surface area contributed by atoms with Crippen molar-refractivity contribution in [1.29, 1.82) is 0 Å². The molecule has 10 heteroatoms. The van der Waals surface area contributed by atoms with E-state index in [2.05, 4.69) is 0 Å². The first-order chi connectivity index (χ1) is 6.68. The minimum absolute atomic E-state index is 0. The predicted molar refractivity (Wildman–Crippen MR) is 43.2 cm³/mol. The third-order valence-electron chi connectivity index (χ3n) is 1.43. The average molecular weight is 288 g/mol. The van der Waals surface area contributed by atoms with E-state index in [-0.39, 0.29) is 51.4 Å². The van der Waals surface area contributed by atoms with E-state index in [1.165, 1.54) is 0 Å². The van der Waals surface area contributed by atoms with Crippen LogP contribution in [0.15, 0.2) is 4.90 Å². The van der Waals surface area contributed by atoms with Gasteiger partial charge >= 0.3 is 61.5 Å². The Hall–Kier alpha value is 0.416. The summed E-state index contributed by atoms with van der Waals surface area (Å²) in [4.78, 5) is -2.26. The summed E-state index contributed by atoms with van der Waals surface area (Å²) in [7, 11) is -5.52. The first-order valence-corrected chi connectivity index (χ1v) is 4.61. The molecule has 0 atom stereocenters. The molecule has 86 valence electrons. The van der Waals surface area contributed by atoms with Gasteiger partial charge in [-0.25, -0.2) is 22.0 Å². The van der Waals surface area contributed by atoms with Crippen LogP contribution in [0.5, 0.6) is 0 Å². The third-order valence-corrected chi connectivity index (χ3v) is 2.30. The molecule has 1 rings (SSSR count). The molecule has 0 fully saturated rings. The van der Waals surface area contributed by atoms with Crippen molar-refractivity contribution in [3.05, 3.63) is 29.1 Å². The van der Waals surface area contributed by atoms with Gasteiger partial charge in [-0.05, 0) is 0 Å². The standard InChI is InChI=1S/C6HF5O3S.K.H/c7-1-2(8)4(10)6(15(12,13)14)5(11)3(1)9;;/h(H,12,13,14);;. The van der Waals surface area contributed by atoms with Crippen LogP contribution in [0.4, 0.5) is 22.0 Å². The summed E-state index contributed by atoms with van der Waals surface area (Å²) in [5, 5.41) is 0. The Labute approximate surface area is 129 Å². The number of hydrogen-bond donors (Lipinski definition) is 1. The fraction of sp³-hybridized carbons (Fsp3) is 0. The van der Waals surface area contributed by atoms with Crippen LogP contribution >= 0.6 is 0 Å². The van der Waals surface area contributed by atoms with Crippen LogP contribution in [-0.4, -0.2) is 64.4 Å². The van der Waals surface area contributed by atoms with Crippen molar-refractivity contribution in [1.82, 2.24) is 0 Å². The first kappa shape index (κ1) is 16.4. The van der Waals surface area contributed by atoms with E-state index in [1.54, 1.807) is 0 Å². The molecule has 0 saturated heterocycles. The molecule has 0 aliphatic heterocycles. The number of halogens is 5. The van der Waals surface area contributed by atoms with Gasteiger partial charge in [-0.1, -0.05) is 0 Å². The Morgan fingerprint density at radius 2 is 1.00 bits per heavy atom. The van der Waals surface area contributed by atoms with Crippen molar-refractivity contribution in [3.63, 3.8) is 0 Å². The van der Waals surface area contributed by atoms with Crippen LogP contribution in [0.1, 0.15) is 0 Å². The second-order valence-electron chi connectivity index (χ2n) is 2.37. The van der Waals surface area contributed by atoms with E-state index >= 15 is 0 Å². The van der Waals surface area contributed by atoms with Crippen molar-refractivity contribution in [3.8, 4) is 0 Å². The molecule has 0 spiro atoms. The molecule has 3 nitrogen and oxygen atoms in total. The summed E-state index contributed by atoms with van der Waals surface area (Å²) in [5.74, 6) is -12.6. The SMILES string of the molecule is O=S(=O)(O)c1c(F)c(F)c(F)c(F)c1F.[KH]. The molecule has 0 saturated carbocycles. The normalized spacial score (nSPS) is 11.1. The fourth-order valence-electron chi connectivity index (χ4n) is 0.811. The first-order valence-electron chi connectivity index (χ1n) is 3.16. The molecular formula is C6H2F5KO3S. The molecule has 0 aliphatic carbocycles. The average Bonchev–Trinajstić information content (AvgIpc) is 2.09. The molecule has 1 aromatic carbocycles. The third kappa shape index (κ3) is 2.80. The molecule has 0 aromatic heterocycles. The Balaban J connectivity index is 0.00000225. The van der Waals surface area contributed by atoms with Gasteiger partial charge < -0.3 is 0 Å². The Morgan fingerprint density at radius 1 is 0.750 bits per heavy atom. The summed E-state index contributed by atoms with van der Waals surface area (Å²) < 4.78 is 91.3. The van der Waals surface area contributed by atoms with Crippen molar-refractivity contribution in [2.45, 2.75) is 4.90 Å². The van der Waals surface area contributed by atoms with E-state index in [9.17, 15) is 30.4 Å². The second kappa shape index (κ2) is 5.37. The van der Waals surface area contributed by atoms with E-state index in [1.807, 2.05) is 0 Å². The van der Waals surface area contributed by atoms with Gasteiger partial charge in [-0.3, -0.25) is 4.55 Å². The van der Waals surface area contributed by atoms with E-state index in [4.69, 9.17) is 4.55 Å². The predicted octanol–water partition coefficient (Wildman–Crippen LogP) is 0.980. The van der Waals surface area contributed by atoms with Crippen LogP contribution in [0.25, 0.3) is 0 Å². The molecular weight excluding hydrogens is 286 g/mol. The zero-order valence-electron chi connectivity index (χ0n) is 6.56. The van der Waals surface area contributed by atoms with Gasteiger partial charge in [0.1, 0.15) is 0 Å². The maximum atomic E-state index is 12.6. The molecule has 0 radical (unpaired) electrons. The minimum atomic E-state index is -5.52. The van der Waals surface area contributed by atoms with Crippen molar-refractivity contribution < 1.29 is 34.9 Å². The van der Waals surface area contributed by atoms with Crippen LogP contribution in [0.3, 0.4) is 0 Å². The molecule has 0 bridgehead atoms. The van der Waals surface area contributed by atoms with Gasteiger partial charge in [0.25, 0.3) is 0 Å². The zero-order valence-corrected chi connectivity index (χ0v) is 7.38. The monoisotopic (exact) mass is 288 g/mol. The molecule has 0 aliphatic rings. The Bertz CT molecular complexity index is 500. The van der Waals surface area contributed by atoms with Crippen LogP contribution in [-0.2, 0) is 10.1 Å². The molecule has 16 heavy (non-hydrogen) atoms. The number of rotatable bonds is 1. The quantitative estimate of drug-likeness (QED) is 0.275. The molecule has 1 N–H and O–H groups in total. The number of benzene rings is 1. The van der Waals surface area contributed by atoms with Crippen LogP contribution < -0.4 is 0 Å². The molecule has 0 unspecified atom stereocenters.